The van der Waals surface area contributed by atoms with Gasteiger partial charge in [-0.05, 0) is 25.7 Å². The van der Waals surface area contributed by atoms with Crippen molar-refractivity contribution in [3.05, 3.63) is 12.2 Å². The lowest BCUT2D eigenvalue weighted by atomic mass is 9.83. The van der Waals surface area contributed by atoms with Crippen molar-refractivity contribution in [1.29, 1.82) is 0 Å². The number of hydrogen-bond acceptors (Lipinski definition) is 1. The Kier molecular flexibility index (Phi) is 4.71. The van der Waals surface area contributed by atoms with Gasteiger partial charge in [0, 0.05) is 13.0 Å². The summed E-state index contributed by atoms with van der Waals surface area (Å²) in [6.07, 6.45) is 10.7. The van der Waals surface area contributed by atoms with Gasteiger partial charge in [-0.2, -0.15) is 0 Å². The van der Waals surface area contributed by atoms with E-state index >= 15 is 0 Å². The first-order valence-electron chi connectivity index (χ1n) is 5.64. The molecule has 80 valence electrons. The molecule has 0 saturated heterocycles. The maximum Gasteiger partial charge on any atom is 0.217 e. The van der Waals surface area contributed by atoms with Gasteiger partial charge in [0.2, 0.25) is 5.91 Å². The molecule has 1 aliphatic rings. The first-order chi connectivity index (χ1) is 6.74. The zero-order valence-electron chi connectivity index (χ0n) is 9.25. The van der Waals surface area contributed by atoms with Crippen molar-refractivity contribution < 1.29 is 4.79 Å². The van der Waals surface area contributed by atoms with Crippen LogP contribution in [0.15, 0.2) is 12.2 Å². The monoisotopic (exact) mass is 195 g/mol. The second-order valence-electron chi connectivity index (χ2n) is 4.15. The SMILES string of the molecule is C/C=C/C(NC(C)=O)C1CCCCC1. The largest absolute Gasteiger partial charge is 0.350 e. The summed E-state index contributed by atoms with van der Waals surface area (Å²) < 4.78 is 0. The fourth-order valence-corrected chi connectivity index (χ4v) is 2.26. The van der Waals surface area contributed by atoms with Crippen LogP contribution >= 0.6 is 0 Å². The Bertz CT molecular complexity index is 204. The molecule has 14 heavy (non-hydrogen) atoms. The van der Waals surface area contributed by atoms with E-state index in [1.54, 1.807) is 6.92 Å². The fourth-order valence-electron chi connectivity index (χ4n) is 2.26. The van der Waals surface area contributed by atoms with Gasteiger partial charge in [0.15, 0.2) is 0 Å². The molecule has 0 aromatic heterocycles. The molecule has 1 rings (SSSR count). The van der Waals surface area contributed by atoms with Crippen LogP contribution in [-0.2, 0) is 4.79 Å². The van der Waals surface area contributed by atoms with Gasteiger partial charge in [-0.3, -0.25) is 4.79 Å². The number of amides is 1. The van der Waals surface area contributed by atoms with Gasteiger partial charge in [-0.25, -0.2) is 0 Å². The van der Waals surface area contributed by atoms with E-state index in [1.807, 2.05) is 13.0 Å². The van der Waals surface area contributed by atoms with Crippen LogP contribution in [0.3, 0.4) is 0 Å². The van der Waals surface area contributed by atoms with Gasteiger partial charge in [-0.15, -0.1) is 0 Å². The van der Waals surface area contributed by atoms with E-state index in [1.165, 1.54) is 32.1 Å². The standard InChI is InChI=1S/C12H21NO/c1-3-7-12(13-10(2)14)11-8-5-4-6-9-11/h3,7,11-12H,4-6,8-9H2,1-2H3,(H,13,14)/b7-3+. The Hall–Kier alpha value is -0.790. The molecule has 0 radical (unpaired) electrons. The third-order valence-corrected chi connectivity index (χ3v) is 2.93. The Morgan fingerprint density at radius 2 is 2.00 bits per heavy atom. The highest BCUT2D eigenvalue weighted by Gasteiger charge is 2.21. The fraction of sp³-hybridized carbons (Fsp3) is 0.750. The minimum absolute atomic E-state index is 0.0821. The summed E-state index contributed by atoms with van der Waals surface area (Å²) in [5.41, 5.74) is 0. The summed E-state index contributed by atoms with van der Waals surface area (Å²) in [6.45, 7) is 3.61. The number of rotatable bonds is 3. The number of hydrogen-bond donors (Lipinski definition) is 1. The van der Waals surface area contributed by atoms with E-state index < -0.39 is 0 Å². The molecule has 0 heterocycles. The van der Waals surface area contributed by atoms with Crippen molar-refractivity contribution in [3.63, 3.8) is 0 Å². The summed E-state index contributed by atoms with van der Waals surface area (Å²) in [5.74, 6) is 0.738. The number of carbonyl (C=O) groups excluding carboxylic acids is 1. The van der Waals surface area contributed by atoms with E-state index in [9.17, 15) is 4.79 Å². The van der Waals surface area contributed by atoms with E-state index in [0.29, 0.717) is 5.92 Å². The molecule has 0 aromatic carbocycles. The van der Waals surface area contributed by atoms with Crippen molar-refractivity contribution >= 4 is 5.91 Å². The topological polar surface area (TPSA) is 29.1 Å². The molecule has 1 N–H and O–H groups in total. The molecule has 2 nitrogen and oxygen atoms in total. The van der Waals surface area contributed by atoms with Gasteiger partial charge in [0.1, 0.15) is 0 Å². The first-order valence-corrected chi connectivity index (χ1v) is 5.64. The van der Waals surface area contributed by atoms with E-state index in [2.05, 4.69) is 11.4 Å². The molecule has 1 fully saturated rings. The lowest BCUT2D eigenvalue weighted by Gasteiger charge is -2.28. The molecule has 0 spiro atoms. The zero-order valence-corrected chi connectivity index (χ0v) is 9.25. The molecule has 0 aliphatic heterocycles. The predicted molar refractivity (Wildman–Crippen MR) is 59.0 cm³/mol. The van der Waals surface area contributed by atoms with Crippen molar-refractivity contribution in [2.45, 2.75) is 52.0 Å². The van der Waals surface area contributed by atoms with Crippen LogP contribution in [-0.4, -0.2) is 11.9 Å². The molecule has 1 amide bonds. The highest BCUT2D eigenvalue weighted by molar-refractivity contribution is 5.73. The maximum absolute atomic E-state index is 11.0. The predicted octanol–water partition coefficient (Wildman–Crippen LogP) is 2.65. The van der Waals surface area contributed by atoms with Crippen LogP contribution in [0.4, 0.5) is 0 Å². The van der Waals surface area contributed by atoms with E-state index in [-0.39, 0.29) is 11.9 Å². The third-order valence-electron chi connectivity index (χ3n) is 2.93. The molecule has 1 atom stereocenters. The molecular weight excluding hydrogens is 174 g/mol. The van der Waals surface area contributed by atoms with Crippen LogP contribution in [0, 0.1) is 5.92 Å². The third kappa shape index (κ3) is 3.52. The molecule has 2 heteroatoms. The summed E-state index contributed by atoms with van der Waals surface area (Å²) in [4.78, 5) is 11.0. The zero-order chi connectivity index (χ0) is 10.4. The number of nitrogens with one attached hydrogen (secondary N) is 1. The van der Waals surface area contributed by atoms with Gasteiger partial charge >= 0.3 is 0 Å². The van der Waals surface area contributed by atoms with Gasteiger partial charge in [0.05, 0.1) is 0 Å². The van der Waals surface area contributed by atoms with Gasteiger partial charge in [0.25, 0.3) is 0 Å². The van der Waals surface area contributed by atoms with Crippen LogP contribution in [0.25, 0.3) is 0 Å². The quantitative estimate of drug-likeness (QED) is 0.689. The second-order valence-corrected chi connectivity index (χ2v) is 4.15. The van der Waals surface area contributed by atoms with Crippen LogP contribution in [0.2, 0.25) is 0 Å². The van der Waals surface area contributed by atoms with Crippen LogP contribution in [0.5, 0.6) is 0 Å². The maximum atomic E-state index is 11.0. The summed E-state index contributed by atoms with van der Waals surface area (Å²) in [7, 11) is 0. The average Bonchev–Trinajstić information content (AvgIpc) is 2.18. The van der Waals surface area contributed by atoms with E-state index in [0.717, 1.165) is 0 Å². The Morgan fingerprint density at radius 3 is 2.50 bits per heavy atom. The number of allylic oxidation sites excluding steroid dienone is 1. The summed E-state index contributed by atoms with van der Waals surface area (Å²) >= 11 is 0. The second kappa shape index (κ2) is 5.84. The molecule has 1 unspecified atom stereocenters. The van der Waals surface area contributed by atoms with Crippen molar-refractivity contribution in [2.75, 3.05) is 0 Å². The summed E-state index contributed by atoms with van der Waals surface area (Å²) in [5, 5.41) is 3.02. The lowest BCUT2D eigenvalue weighted by molar-refractivity contribution is -0.119. The highest BCUT2D eigenvalue weighted by atomic mass is 16.1. The summed E-state index contributed by atoms with van der Waals surface area (Å²) in [6, 6.07) is 0.262. The molecule has 0 aromatic rings. The molecular formula is C12H21NO. The van der Waals surface area contributed by atoms with Crippen molar-refractivity contribution in [1.82, 2.24) is 5.32 Å². The number of carbonyl (C=O) groups is 1. The molecule has 1 aliphatic carbocycles. The minimum Gasteiger partial charge on any atom is -0.350 e. The van der Waals surface area contributed by atoms with Crippen molar-refractivity contribution in [2.24, 2.45) is 5.92 Å². The van der Waals surface area contributed by atoms with Crippen molar-refractivity contribution in [3.8, 4) is 0 Å². The van der Waals surface area contributed by atoms with Gasteiger partial charge in [-0.1, -0.05) is 31.4 Å². The molecule has 0 bridgehead atoms. The Morgan fingerprint density at radius 1 is 1.36 bits per heavy atom. The van der Waals surface area contributed by atoms with Crippen LogP contribution < -0.4 is 5.32 Å². The van der Waals surface area contributed by atoms with E-state index in [4.69, 9.17) is 0 Å². The first kappa shape index (κ1) is 11.3. The van der Waals surface area contributed by atoms with Crippen LogP contribution in [0.1, 0.15) is 46.0 Å². The normalized spacial score (nSPS) is 21.0. The van der Waals surface area contributed by atoms with Gasteiger partial charge < -0.3 is 5.32 Å². The average molecular weight is 195 g/mol. The smallest absolute Gasteiger partial charge is 0.217 e. The Balaban J connectivity index is 2.51. The molecule has 1 saturated carbocycles. The Labute approximate surface area is 86.8 Å². The highest BCUT2D eigenvalue weighted by Crippen LogP contribution is 2.26. The lowest BCUT2D eigenvalue weighted by Crippen LogP contribution is -2.38. The minimum atomic E-state index is 0.0821.